The van der Waals surface area contributed by atoms with Gasteiger partial charge in [-0.05, 0) is 55.2 Å². The number of rotatable bonds is 5. The van der Waals surface area contributed by atoms with E-state index < -0.39 is 0 Å². The second-order valence-corrected chi connectivity index (χ2v) is 6.71. The third kappa shape index (κ3) is 4.60. The van der Waals surface area contributed by atoms with E-state index in [9.17, 15) is 4.79 Å². The first-order chi connectivity index (χ1) is 11.7. The van der Waals surface area contributed by atoms with E-state index in [1.165, 1.54) is 32.1 Å². The third-order valence-electron chi connectivity index (χ3n) is 4.76. The van der Waals surface area contributed by atoms with Gasteiger partial charge in [0.1, 0.15) is 0 Å². The number of nitrogens with one attached hydrogen (secondary N) is 2. The summed E-state index contributed by atoms with van der Waals surface area (Å²) in [7, 11) is 0. The number of aryl methyl sites for hydroxylation is 1. The molecule has 3 rings (SSSR count). The van der Waals surface area contributed by atoms with Gasteiger partial charge >= 0.3 is 0 Å². The van der Waals surface area contributed by atoms with Gasteiger partial charge in [-0.1, -0.05) is 43.5 Å². The fourth-order valence-electron chi connectivity index (χ4n) is 3.32. The number of carbonyl (C=O) groups excluding carboxylic acids is 1. The van der Waals surface area contributed by atoms with E-state index in [-0.39, 0.29) is 5.91 Å². The Bertz CT molecular complexity index is 672. The van der Waals surface area contributed by atoms with Crippen molar-refractivity contribution in [3.8, 4) is 0 Å². The first-order valence-electron chi connectivity index (χ1n) is 8.92. The Morgan fingerprint density at radius 2 is 1.62 bits per heavy atom. The highest BCUT2D eigenvalue weighted by molar-refractivity contribution is 5.92. The Kier molecular flexibility index (Phi) is 5.52. The van der Waals surface area contributed by atoms with Crippen LogP contribution < -0.4 is 10.6 Å². The summed E-state index contributed by atoms with van der Waals surface area (Å²) in [6.07, 6.45) is 6.94. The van der Waals surface area contributed by atoms with Crippen LogP contribution in [0, 0.1) is 6.92 Å². The van der Waals surface area contributed by atoms with Gasteiger partial charge < -0.3 is 10.6 Å². The molecule has 0 saturated heterocycles. The van der Waals surface area contributed by atoms with Crippen molar-refractivity contribution in [2.45, 2.75) is 51.5 Å². The van der Waals surface area contributed by atoms with Gasteiger partial charge in [-0.25, -0.2) is 0 Å². The molecule has 0 radical (unpaired) electrons. The quantitative estimate of drug-likeness (QED) is 0.820. The van der Waals surface area contributed by atoms with Crippen LogP contribution in [0.25, 0.3) is 0 Å². The molecule has 0 bridgehead atoms. The van der Waals surface area contributed by atoms with Crippen molar-refractivity contribution in [1.82, 2.24) is 0 Å². The molecule has 3 nitrogen and oxygen atoms in total. The van der Waals surface area contributed by atoms with Crippen molar-refractivity contribution in [3.63, 3.8) is 0 Å². The van der Waals surface area contributed by atoms with Gasteiger partial charge in [0.15, 0.2) is 0 Å². The third-order valence-corrected chi connectivity index (χ3v) is 4.76. The molecular weight excluding hydrogens is 296 g/mol. The van der Waals surface area contributed by atoms with Gasteiger partial charge in [0.25, 0.3) is 0 Å². The molecule has 24 heavy (non-hydrogen) atoms. The minimum absolute atomic E-state index is 0.0253. The Labute approximate surface area is 144 Å². The predicted molar refractivity (Wildman–Crippen MR) is 100 cm³/mol. The van der Waals surface area contributed by atoms with E-state index in [0.29, 0.717) is 12.5 Å². The summed E-state index contributed by atoms with van der Waals surface area (Å²) in [4.78, 5) is 12.2. The molecule has 3 heteroatoms. The predicted octanol–water partition coefficient (Wildman–Crippen LogP) is 4.92. The summed E-state index contributed by atoms with van der Waals surface area (Å²) >= 11 is 0. The monoisotopic (exact) mass is 322 g/mol. The van der Waals surface area contributed by atoms with Gasteiger partial charge in [0.05, 0.1) is 6.42 Å². The highest BCUT2D eigenvalue weighted by Crippen LogP contribution is 2.22. The average molecular weight is 322 g/mol. The summed E-state index contributed by atoms with van der Waals surface area (Å²) in [6.45, 7) is 2.04. The molecule has 0 aromatic heterocycles. The molecule has 1 fully saturated rings. The maximum atomic E-state index is 12.2. The average Bonchev–Trinajstić information content (AvgIpc) is 2.60. The number of amides is 1. The largest absolute Gasteiger partial charge is 0.382 e. The SMILES string of the molecule is Cc1ccccc1CC(=O)Nc1ccc(NC2CCCCC2)cc1. The molecular formula is C21H26N2O. The van der Waals surface area contributed by atoms with Crippen LogP contribution in [-0.4, -0.2) is 11.9 Å². The molecule has 0 aliphatic heterocycles. The lowest BCUT2D eigenvalue weighted by Gasteiger charge is -2.23. The Morgan fingerprint density at radius 1 is 0.958 bits per heavy atom. The first-order valence-corrected chi connectivity index (χ1v) is 8.92. The van der Waals surface area contributed by atoms with E-state index in [2.05, 4.69) is 22.8 Å². The molecule has 0 spiro atoms. The van der Waals surface area contributed by atoms with Gasteiger partial charge in [-0.15, -0.1) is 0 Å². The number of benzene rings is 2. The van der Waals surface area contributed by atoms with E-state index in [1.54, 1.807) is 0 Å². The van der Waals surface area contributed by atoms with Crippen LogP contribution in [0.1, 0.15) is 43.2 Å². The van der Waals surface area contributed by atoms with Crippen LogP contribution in [0.3, 0.4) is 0 Å². The smallest absolute Gasteiger partial charge is 0.228 e. The maximum Gasteiger partial charge on any atom is 0.228 e. The molecule has 126 valence electrons. The van der Waals surface area contributed by atoms with E-state index in [1.807, 2.05) is 43.3 Å². The second-order valence-electron chi connectivity index (χ2n) is 6.71. The first kappa shape index (κ1) is 16.6. The zero-order chi connectivity index (χ0) is 16.8. The summed E-state index contributed by atoms with van der Waals surface area (Å²) in [5, 5.41) is 6.58. The molecule has 2 aromatic carbocycles. The van der Waals surface area contributed by atoms with Crippen LogP contribution in [-0.2, 0) is 11.2 Å². The van der Waals surface area contributed by atoms with E-state index in [0.717, 1.165) is 22.5 Å². The molecule has 1 amide bonds. The van der Waals surface area contributed by atoms with Crippen molar-refractivity contribution in [2.75, 3.05) is 10.6 Å². The van der Waals surface area contributed by atoms with Crippen molar-refractivity contribution >= 4 is 17.3 Å². The van der Waals surface area contributed by atoms with Gasteiger partial charge in [-0.3, -0.25) is 4.79 Å². The summed E-state index contributed by atoms with van der Waals surface area (Å²) in [5.41, 5.74) is 4.21. The van der Waals surface area contributed by atoms with Crippen LogP contribution in [0.15, 0.2) is 48.5 Å². The minimum Gasteiger partial charge on any atom is -0.382 e. The number of carbonyl (C=O) groups is 1. The zero-order valence-corrected chi connectivity index (χ0v) is 14.3. The second kappa shape index (κ2) is 8.00. The van der Waals surface area contributed by atoms with Gasteiger partial charge in [0.2, 0.25) is 5.91 Å². The normalized spacial score (nSPS) is 15.0. The fraction of sp³-hybridized carbons (Fsp3) is 0.381. The van der Waals surface area contributed by atoms with Crippen molar-refractivity contribution < 1.29 is 4.79 Å². The molecule has 1 aliphatic carbocycles. The molecule has 0 unspecified atom stereocenters. The maximum absolute atomic E-state index is 12.2. The molecule has 1 saturated carbocycles. The lowest BCUT2D eigenvalue weighted by molar-refractivity contribution is -0.115. The summed E-state index contributed by atoms with van der Waals surface area (Å²) in [6, 6.07) is 16.7. The van der Waals surface area contributed by atoms with Gasteiger partial charge in [0, 0.05) is 17.4 Å². The number of anilines is 2. The van der Waals surface area contributed by atoms with Gasteiger partial charge in [-0.2, -0.15) is 0 Å². The van der Waals surface area contributed by atoms with Crippen molar-refractivity contribution in [1.29, 1.82) is 0 Å². The van der Waals surface area contributed by atoms with Crippen LogP contribution in [0.2, 0.25) is 0 Å². The minimum atomic E-state index is 0.0253. The zero-order valence-electron chi connectivity index (χ0n) is 14.3. The lowest BCUT2D eigenvalue weighted by atomic mass is 9.95. The topological polar surface area (TPSA) is 41.1 Å². The Hall–Kier alpha value is -2.29. The van der Waals surface area contributed by atoms with Crippen molar-refractivity contribution in [3.05, 3.63) is 59.7 Å². The fourth-order valence-corrected chi connectivity index (χ4v) is 3.32. The summed E-state index contributed by atoms with van der Waals surface area (Å²) in [5.74, 6) is 0.0253. The molecule has 2 N–H and O–H groups in total. The highest BCUT2D eigenvalue weighted by atomic mass is 16.1. The van der Waals surface area contributed by atoms with Crippen LogP contribution in [0.5, 0.6) is 0 Å². The van der Waals surface area contributed by atoms with Crippen LogP contribution in [0.4, 0.5) is 11.4 Å². The van der Waals surface area contributed by atoms with E-state index in [4.69, 9.17) is 0 Å². The summed E-state index contributed by atoms with van der Waals surface area (Å²) < 4.78 is 0. The molecule has 0 heterocycles. The molecule has 2 aromatic rings. The molecule has 0 atom stereocenters. The van der Waals surface area contributed by atoms with E-state index >= 15 is 0 Å². The number of hydrogen-bond acceptors (Lipinski definition) is 2. The Balaban J connectivity index is 1.53. The number of hydrogen-bond donors (Lipinski definition) is 2. The standard InChI is InChI=1S/C21H26N2O/c1-16-7-5-6-8-17(16)15-21(24)23-20-13-11-19(12-14-20)22-18-9-3-2-4-10-18/h5-8,11-14,18,22H,2-4,9-10,15H2,1H3,(H,23,24). The lowest BCUT2D eigenvalue weighted by Crippen LogP contribution is -2.22. The molecule has 1 aliphatic rings. The van der Waals surface area contributed by atoms with Crippen LogP contribution >= 0.6 is 0 Å². The highest BCUT2D eigenvalue weighted by Gasteiger charge is 2.12. The van der Waals surface area contributed by atoms with Crippen molar-refractivity contribution in [2.24, 2.45) is 0 Å². The Morgan fingerprint density at radius 3 is 2.33 bits per heavy atom.